The summed E-state index contributed by atoms with van der Waals surface area (Å²) in [5.74, 6) is 0.395. The minimum atomic E-state index is -0.622. The Balaban J connectivity index is 1.56. The maximum absolute atomic E-state index is 13.4. The van der Waals surface area contributed by atoms with E-state index in [9.17, 15) is 9.18 Å². The number of imidazole rings is 1. The molecule has 1 N–H and O–H groups in total. The molecule has 1 aromatic carbocycles. The van der Waals surface area contributed by atoms with Crippen LogP contribution < -0.4 is 10.1 Å². The van der Waals surface area contributed by atoms with Crippen LogP contribution in [0.15, 0.2) is 42.9 Å². The van der Waals surface area contributed by atoms with Gasteiger partial charge in [0.1, 0.15) is 5.82 Å². The van der Waals surface area contributed by atoms with E-state index in [2.05, 4.69) is 20.3 Å². The van der Waals surface area contributed by atoms with Crippen molar-refractivity contribution < 1.29 is 13.9 Å². The molecule has 140 valence electrons. The molecule has 7 nitrogen and oxygen atoms in total. The van der Waals surface area contributed by atoms with Crippen LogP contribution in [0.3, 0.4) is 0 Å². The van der Waals surface area contributed by atoms with Crippen molar-refractivity contribution in [1.82, 2.24) is 24.8 Å². The summed E-state index contributed by atoms with van der Waals surface area (Å²) >= 11 is 0. The van der Waals surface area contributed by atoms with Crippen molar-refractivity contribution in [2.45, 2.75) is 19.9 Å². The van der Waals surface area contributed by atoms with E-state index in [4.69, 9.17) is 4.74 Å². The minimum absolute atomic E-state index is 0.116. The zero-order chi connectivity index (χ0) is 19.2. The van der Waals surface area contributed by atoms with E-state index < -0.39 is 5.82 Å². The number of carbonyl (C=O) groups excluding carboxylic acids is 1. The summed E-state index contributed by atoms with van der Waals surface area (Å²) in [6.07, 6.45) is 5.55. The van der Waals surface area contributed by atoms with Crippen LogP contribution in [-0.4, -0.2) is 39.1 Å². The smallest absolute Gasteiger partial charge is 0.253 e. The van der Waals surface area contributed by atoms with Crippen LogP contribution in [0.4, 0.5) is 4.39 Å². The van der Waals surface area contributed by atoms with Crippen LogP contribution >= 0.6 is 0 Å². The SMILES string of the molecule is COc1nc(-c2ccc(C(=O)NCCCn3ccnc3C)cc2)ncc1F. The van der Waals surface area contributed by atoms with Crippen molar-refractivity contribution in [1.29, 1.82) is 0 Å². The molecule has 2 aromatic heterocycles. The predicted molar refractivity (Wildman–Crippen MR) is 97.9 cm³/mol. The molecule has 3 rings (SSSR count). The molecular weight excluding hydrogens is 349 g/mol. The highest BCUT2D eigenvalue weighted by molar-refractivity contribution is 5.94. The number of methoxy groups -OCH3 is 1. The van der Waals surface area contributed by atoms with Gasteiger partial charge in [0.2, 0.25) is 5.82 Å². The van der Waals surface area contributed by atoms with Gasteiger partial charge in [-0.05, 0) is 25.5 Å². The van der Waals surface area contributed by atoms with Crippen LogP contribution in [0.1, 0.15) is 22.6 Å². The van der Waals surface area contributed by atoms with E-state index in [1.54, 1.807) is 30.5 Å². The first-order valence-corrected chi connectivity index (χ1v) is 8.51. The summed E-state index contributed by atoms with van der Waals surface area (Å²) in [5.41, 5.74) is 1.20. The third-order valence-corrected chi connectivity index (χ3v) is 4.10. The lowest BCUT2D eigenvalue weighted by Gasteiger charge is -2.08. The monoisotopic (exact) mass is 369 g/mol. The molecule has 0 bridgehead atoms. The fraction of sp³-hybridized carbons (Fsp3) is 0.263. The summed E-state index contributed by atoms with van der Waals surface area (Å²) in [5, 5.41) is 2.89. The number of rotatable bonds is 7. The zero-order valence-electron chi connectivity index (χ0n) is 15.1. The lowest BCUT2D eigenvalue weighted by Crippen LogP contribution is -2.25. The van der Waals surface area contributed by atoms with E-state index in [1.165, 1.54) is 7.11 Å². The number of amides is 1. The number of ether oxygens (including phenoxy) is 1. The molecule has 0 aliphatic rings. The van der Waals surface area contributed by atoms with Gasteiger partial charge < -0.3 is 14.6 Å². The normalized spacial score (nSPS) is 10.6. The third kappa shape index (κ3) is 4.46. The highest BCUT2D eigenvalue weighted by atomic mass is 19.1. The fourth-order valence-corrected chi connectivity index (χ4v) is 2.60. The molecule has 1 amide bonds. The standard InChI is InChI=1S/C19H20FN5O2/c1-13-21-9-11-25(13)10-3-8-22-18(26)15-6-4-14(5-7-15)17-23-12-16(20)19(24-17)27-2/h4-7,9,11-12H,3,8,10H2,1-2H3,(H,22,26). The second-order valence-corrected chi connectivity index (χ2v) is 5.91. The van der Waals surface area contributed by atoms with Gasteiger partial charge in [-0.15, -0.1) is 0 Å². The molecule has 3 aromatic rings. The summed E-state index contributed by atoms with van der Waals surface area (Å²) in [6, 6.07) is 6.81. The molecule has 0 atom stereocenters. The topological polar surface area (TPSA) is 81.9 Å². The largest absolute Gasteiger partial charge is 0.479 e. The van der Waals surface area contributed by atoms with E-state index in [1.807, 2.05) is 17.7 Å². The Morgan fingerprint density at radius 1 is 1.26 bits per heavy atom. The molecule has 0 spiro atoms. The second kappa shape index (κ2) is 8.39. The van der Waals surface area contributed by atoms with Gasteiger partial charge in [0.15, 0.2) is 5.82 Å². The molecular formula is C19H20FN5O2. The molecule has 0 saturated carbocycles. The van der Waals surface area contributed by atoms with Crippen molar-refractivity contribution >= 4 is 5.91 Å². The van der Waals surface area contributed by atoms with E-state index >= 15 is 0 Å². The summed E-state index contributed by atoms with van der Waals surface area (Å²) < 4.78 is 20.3. The molecule has 27 heavy (non-hydrogen) atoms. The fourth-order valence-electron chi connectivity index (χ4n) is 2.60. The van der Waals surface area contributed by atoms with Gasteiger partial charge in [0, 0.05) is 36.6 Å². The van der Waals surface area contributed by atoms with Gasteiger partial charge in [0.25, 0.3) is 11.8 Å². The molecule has 2 heterocycles. The Morgan fingerprint density at radius 3 is 2.70 bits per heavy atom. The van der Waals surface area contributed by atoms with Crippen molar-refractivity contribution in [3.05, 3.63) is 60.1 Å². The number of carbonyl (C=O) groups is 1. The number of nitrogens with one attached hydrogen (secondary N) is 1. The molecule has 0 unspecified atom stereocenters. The lowest BCUT2D eigenvalue weighted by molar-refractivity contribution is 0.0952. The number of halogens is 1. The highest BCUT2D eigenvalue weighted by Crippen LogP contribution is 2.20. The van der Waals surface area contributed by atoms with Gasteiger partial charge in [-0.2, -0.15) is 9.37 Å². The zero-order valence-corrected chi connectivity index (χ0v) is 15.1. The summed E-state index contributed by atoms with van der Waals surface area (Å²) in [6.45, 7) is 3.31. The van der Waals surface area contributed by atoms with Crippen LogP contribution in [0.2, 0.25) is 0 Å². The van der Waals surface area contributed by atoms with Gasteiger partial charge >= 0.3 is 0 Å². The van der Waals surface area contributed by atoms with Gasteiger partial charge in [-0.25, -0.2) is 9.97 Å². The molecule has 0 aliphatic carbocycles. The lowest BCUT2D eigenvalue weighted by atomic mass is 10.1. The number of aromatic nitrogens is 4. The second-order valence-electron chi connectivity index (χ2n) is 5.91. The maximum Gasteiger partial charge on any atom is 0.253 e. The minimum Gasteiger partial charge on any atom is -0.479 e. The number of benzene rings is 1. The van der Waals surface area contributed by atoms with Crippen molar-refractivity contribution in [2.24, 2.45) is 0 Å². The van der Waals surface area contributed by atoms with Crippen LogP contribution in [0, 0.1) is 12.7 Å². The quantitative estimate of drug-likeness (QED) is 0.648. The molecule has 0 saturated heterocycles. The van der Waals surface area contributed by atoms with Crippen LogP contribution in [0.25, 0.3) is 11.4 Å². The average molecular weight is 369 g/mol. The van der Waals surface area contributed by atoms with Gasteiger partial charge in [0.05, 0.1) is 13.3 Å². The van der Waals surface area contributed by atoms with E-state index in [0.29, 0.717) is 23.5 Å². The van der Waals surface area contributed by atoms with E-state index in [-0.39, 0.29) is 11.8 Å². The van der Waals surface area contributed by atoms with E-state index in [0.717, 1.165) is 25.0 Å². The molecule has 0 fully saturated rings. The van der Waals surface area contributed by atoms with Crippen molar-refractivity contribution in [3.63, 3.8) is 0 Å². The average Bonchev–Trinajstić information content (AvgIpc) is 3.10. The van der Waals surface area contributed by atoms with Crippen LogP contribution in [-0.2, 0) is 6.54 Å². The third-order valence-electron chi connectivity index (χ3n) is 4.10. The Bertz CT molecular complexity index is 924. The highest BCUT2D eigenvalue weighted by Gasteiger charge is 2.10. The number of hydrogen-bond acceptors (Lipinski definition) is 5. The Morgan fingerprint density at radius 2 is 2.04 bits per heavy atom. The first kappa shape index (κ1) is 18.5. The summed E-state index contributed by atoms with van der Waals surface area (Å²) in [4.78, 5) is 24.4. The van der Waals surface area contributed by atoms with Gasteiger partial charge in [-0.1, -0.05) is 12.1 Å². The predicted octanol–water partition coefficient (Wildman–Crippen LogP) is 2.62. The molecule has 0 aliphatic heterocycles. The Kier molecular flexibility index (Phi) is 5.75. The Hall–Kier alpha value is -3.29. The number of nitrogens with zero attached hydrogens (tertiary/aromatic N) is 4. The Labute approximate surface area is 156 Å². The first-order valence-electron chi connectivity index (χ1n) is 8.51. The summed E-state index contributed by atoms with van der Waals surface area (Å²) in [7, 11) is 1.34. The number of aryl methyl sites for hydroxylation is 2. The van der Waals surface area contributed by atoms with Crippen LogP contribution in [0.5, 0.6) is 5.88 Å². The molecule has 0 radical (unpaired) electrons. The maximum atomic E-state index is 13.4. The van der Waals surface area contributed by atoms with Crippen molar-refractivity contribution in [3.8, 4) is 17.3 Å². The first-order chi connectivity index (χ1) is 13.1. The molecule has 8 heteroatoms. The van der Waals surface area contributed by atoms with Gasteiger partial charge in [-0.3, -0.25) is 4.79 Å². The number of hydrogen-bond donors (Lipinski definition) is 1. The van der Waals surface area contributed by atoms with Crippen molar-refractivity contribution in [2.75, 3.05) is 13.7 Å².